The number of cyclic esters (lactones) is 1. The average Bonchev–Trinajstić information content (AvgIpc) is 2.92. The van der Waals surface area contributed by atoms with E-state index in [1.807, 2.05) is 81.4 Å². The van der Waals surface area contributed by atoms with Crippen molar-refractivity contribution in [1.29, 1.82) is 0 Å². The first kappa shape index (κ1) is 17.0. The molecule has 0 amide bonds. The first-order chi connectivity index (χ1) is 11.5. The predicted octanol–water partition coefficient (Wildman–Crippen LogP) is 3.59. The fourth-order valence-corrected chi connectivity index (χ4v) is 7.37. The molecule has 0 unspecified atom stereocenters. The van der Waals surface area contributed by atoms with Gasteiger partial charge in [0, 0.05) is 10.6 Å². The van der Waals surface area contributed by atoms with Crippen molar-refractivity contribution in [2.24, 2.45) is 11.8 Å². The maximum Gasteiger partial charge on any atom is 0.309 e. The zero-order valence-corrected chi connectivity index (χ0v) is 15.1. The lowest BCUT2D eigenvalue weighted by atomic mass is 9.99. The number of ether oxygens (including phenoxy) is 1. The van der Waals surface area contributed by atoms with E-state index >= 15 is 0 Å². The molecule has 2 aromatic carbocycles. The van der Waals surface area contributed by atoms with Crippen molar-refractivity contribution in [2.45, 2.75) is 32.5 Å². The summed E-state index contributed by atoms with van der Waals surface area (Å²) in [5, 5.41) is 1.58. The lowest BCUT2D eigenvalue weighted by molar-refractivity contribution is -0.145. The van der Waals surface area contributed by atoms with Gasteiger partial charge in [-0.05, 0) is 5.92 Å². The van der Waals surface area contributed by atoms with Gasteiger partial charge in [0.2, 0.25) is 0 Å². The van der Waals surface area contributed by atoms with Crippen LogP contribution in [0.1, 0.15) is 20.8 Å². The molecule has 2 aromatic rings. The van der Waals surface area contributed by atoms with Crippen LogP contribution in [0.3, 0.4) is 0 Å². The summed E-state index contributed by atoms with van der Waals surface area (Å²) in [6, 6.07) is 19.0. The normalized spacial score (nSPS) is 24.2. The fourth-order valence-electron chi connectivity index (χ4n) is 3.58. The molecule has 1 aliphatic heterocycles. The summed E-state index contributed by atoms with van der Waals surface area (Å²) in [6.45, 7) is 5.88. The Morgan fingerprint density at radius 1 is 0.917 bits per heavy atom. The van der Waals surface area contributed by atoms with Crippen molar-refractivity contribution >= 4 is 23.7 Å². The zero-order valence-electron chi connectivity index (χ0n) is 14.3. The second-order valence-corrected chi connectivity index (χ2v) is 9.70. The summed E-state index contributed by atoms with van der Waals surface area (Å²) < 4.78 is 20.1. The van der Waals surface area contributed by atoms with Crippen molar-refractivity contribution in [3.05, 3.63) is 60.7 Å². The van der Waals surface area contributed by atoms with Gasteiger partial charge in [-0.15, -0.1) is 0 Å². The number of hydrogen-bond acceptors (Lipinski definition) is 3. The highest BCUT2D eigenvalue weighted by atomic mass is 31.2. The fraction of sp³-hybridized carbons (Fsp3) is 0.350. The molecule has 0 aromatic heterocycles. The molecule has 0 radical (unpaired) electrons. The van der Waals surface area contributed by atoms with Crippen molar-refractivity contribution in [1.82, 2.24) is 0 Å². The summed E-state index contributed by atoms with van der Waals surface area (Å²) in [6.07, 6.45) is -0.334. The quantitative estimate of drug-likeness (QED) is 0.630. The van der Waals surface area contributed by atoms with Gasteiger partial charge in [-0.3, -0.25) is 4.79 Å². The molecule has 3 nitrogen and oxygen atoms in total. The SMILES string of the molecule is CC(C)[C@H]1OC(=O)[C@H](C)[C@H]1P(=O)(c1ccccc1)c1ccccc1. The lowest BCUT2D eigenvalue weighted by Gasteiger charge is -2.31. The Morgan fingerprint density at radius 2 is 1.38 bits per heavy atom. The minimum atomic E-state index is -3.02. The Balaban J connectivity index is 2.22. The lowest BCUT2D eigenvalue weighted by Crippen LogP contribution is -2.37. The van der Waals surface area contributed by atoms with Crippen LogP contribution in [0.2, 0.25) is 0 Å². The van der Waals surface area contributed by atoms with E-state index in [1.54, 1.807) is 0 Å². The average molecular weight is 342 g/mol. The predicted molar refractivity (Wildman–Crippen MR) is 97.4 cm³/mol. The first-order valence-electron chi connectivity index (χ1n) is 8.37. The number of carbonyl (C=O) groups excluding carboxylic acids is 1. The van der Waals surface area contributed by atoms with E-state index in [9.17, 15) is 9.36 Å². The third-order valence-electron chi connectivity index (χ3n) is 4.83. The highest BCUT2D eigenvalue weighted by Gasteiger charge is 2.53. The molecule has 0 aliphatic carbocycles. The standard InChI is InChI=1S/C20H23O3P/c1-14(2)18-19(15(3)20(21)23-18)24(22,16-10-6-4-7-11-16)17-12-8-5-9-13-17/h4-15,18-19H,1-3H3/t15-,18-,19-/m1/s1. The van der Waals surface area contributed by atoms with Crippen LogP contribution in [0.5, 0.6) is 0 Å². The Labute approximate surface area is 143 Å². The summed E-state index contributed by atoms with van der Waals surface area (Å²) in [5.41, 5.74) is -0.338. The summed E-state index contributed by atoms with van der Waals surface area (Å²) >= 11 is 0. The highest BCUT2D eigenvalue weighted by Crippen LogP contribution is 2.56. The van der Waals surface area contributed by atoms with Crippen LogP contribution in [0.15, 0.2) is 60.7 Å². The topological polar surface area (TPSA) is 43.4 Å². The number of carbonyl (C=O) groups is 1. The molecule has 0 spiro atoms. The van der Waals surface area contributed by atoms with Gasteiger partial charge in [0.1, 0.15) is 6.10 Å². The van der Waals surface area contributed by atoms with Gasteiger partial charge in [0.25, 0.3) is 0 Å². The van der Waals surface area contributed by atoms with Gasteiger partial charge in [-0.25, -0.2) is 0 Å². The van der Waals surface area contributed by atoms with E-state index < -0.39 is 7.14 Å². The van der Waals surface area contributed by atoms with E-state index in [-0.39, 0.29) is 29.6 Å². The van der Waals surface area contributed by atoms with Crippen molar-refractivity contribution in [3.8, 4) is 0 Å². The third-order valence-corrected chi connectivity index (χ3v) is 8.54. The van der Waals surface area contributed by atoms with Crippen LogP contribution in [-0.4, -0.2) is 17.7 Å². The molecular weight excluding hydrogens is 319 g/mol. The van der Waals surface area contributed by atoms with Crippen LogP contribution >= 0.6 is 7.14 Å². The molecule has 3 rings (SSSR count). The molecule has 1 saturated heterocycles. The molecule has 3 atom stereocenters. The van der Waals surface area contributed by atoms with Gasteiger partial charge >= 0.3 is 5.97 Å². The Hall–Kier alpha value is -1.86. The monoisotopic (exact) mass is 342 g/mol. The molecule has 1 heterocycles. The maximum atomic E-state index is 14.5. The molecule has 24 heavy (non-hydrogen) atoms. The van der Waals surface area contributed by atoms with Crippen LogP contribution in [0.25, 0.3) is 0 Å². The third kappa shape index (κ3) is 2.71. The van der Waals surface area contributed by atoms with Crippen LogP contribution in [-0.2, 0) is 14.1 Å². The number of esters is 1. The van der Waals surface area contributed by atoms with Crippen LogP contribution < -0.4 is 10.6 Å². The molecular formula is C20H23O3P. The largest absolute Gasteiger partial charge is 0.461 e. The van der Waals surface area contributed by atoms with Gasteiger partial charge < -0.3 is 9.30 Å². The van der Waals surface area contributed by atoms with Crippen molar-refractivity contribution in [2.75, 3.05) is 0 Å². The van der Waals surface area contributed by atoms with E-state index in [0.717, 1.165) is 10.6 Å². The minimum absolute atomic E-state index is 0.115. The van der Waals surface area contributed by atoms with Gasteiger partial charge in [0.05, 0.1) is 11.6 Å². The smallest absolute Gasteiger partial charge is 0.309 e. The second-order valence-electron chi connectivity index (χ2n) is 6.75. The first-order valence-corrected chi connectivity index (χ1v) is 10.2. The Bertz CT molecular complexity index is 711. The second kappa shape index (κ2) is 6.57. The van der Waals surface area contributed by atoms with E-state index in [4.69, 9.17) is 4.74 Å². The number of rotatable bonds is 4. The van der Waals surface area contributed by atoms with Crippen molar-refractivity contribution < 1.29 is 14.1 Å². The Kier molecular flexibility index (Phi) is 4.64. The van der Waals surface area contributed by atoms with Crippen LogP contribution in [0, 0.1) is 11.8 Å². The van der Waals surface area contributed by atoms with Crippen molar-refractivity contribution in [3.63, 3.8) is 0 Å². The highest BCUT2D eigenvalue weighted by molar-refractivity contribution is 7.79. The van der Waals surface area contributed by atoms with Crippen LogP contribution in [0.4, 0.5) is 0 Å². The summed E-state index contributed by atoms with van der Waals surface area (Å²) in [7, 11) is -3.02. The molecule has 1 aliphatic rings. The van der Waals surface area contributed by atoms with Gasteiger partial charge in [-0.2, -0.15) is 0 Å². The molecule has 126 valence electrons. The molecule has 0 saturated carbocycles. The van der Waals surface area contributed by atoms with Gasteiger partial charge in [0.15, 0.2) is 7.14 Å². The maximum absolute atomic E-state index is 14.5. The molecule has 1 fully saturated rings. The number of benzene rings is 2. The van der Waals surface area contributed by atoms with E-state index in [2.05, 4.69) is 0 Å². The number of hydrogen-bond donors (Lipinski definition) is 0. The summed E-state index contributed by atoms with van der Waals surface area (Å²) in [5.74, 6) is -0.515. The van der Waals surface area contributed by atoms with E-state index in [1.165, 1.54) is 0 Å². The van der Waals surface area contributed by atoms with Gasteiger partial charge in [-0.1, -0.05) is 81.4 Å². The molecule has 0 bridgehead atoms. The summed E-state index contributed by atoms with van der Waals surface area (Å²) in [4.78, 5) is 12.3. The minimum Gasteiger partial charge on any atom is -0.461 e. The molecule has 0 N–H and O–H groups in total. The molecule has 4 heteroatoms. The van der Waals surface area contributed by atoms with E-state index in [0.29, 0.717) is 0 Å². The zero-order chi connectivity index (χ0) is 17.3. The Morgan fingerprint density at radius 3 is 1.79 bits per heavy atom.